The molecule has 4 aromatic rings. The van der Waals surface area contributed by atoms with E-state index in [9.17, 15) is 10.2 Å². The molecule has 0 fully saturated rings. The van der Waals surface area contributed by atoms with Crippen LogP contribution < -0.4 is 9.47 Å². The molecule has 0 heterocycles. The Hall–Kier alpha value is -3.40. The summed E-state index contributed by atoms with van der Waals surface area (Å²) in [5, 5.41) is 24.2. The summed E-state index contributed by atoms with van der Waals surface area (Å²) >= 11 is 0. The molecule has 0 unspecified atom stereocenters. The van der Waals surface area contributed by atoms with E-state index in [1.54, 1.807) is 38.5 Å². The maximum absolute atomic E-state index is 10.6. The highest BCUT2D eigenvalue weighted by molar-refractivity contribution is 6.13. The van der Waals surface area contributed by atoms with Gasteiger partial charge < -0.3 is 19.7 Å². The first-order valence-electron chi connectivity index (χ1n) is 8.23. The standard InChI is InChI=1S/C22H18O4/c1-25-17-11-9-13-5-3-7-15(23)19(13)21(17)22-18(26-2)12-10-14-6-4-8-16(24)20(14)22/h3-12,23-24H,1-2H3. The van der Waals surface area contributed by atoms with Crippen LogP contribution in [0.4, 0.5) is 0 Å². The number of fused-ring (bicyclic) bond motifs is 2. The fourth-order valence-corrected chi connectivity index (χ4v) is 3.52. The van der Waals surface area contributed by atoms with Crippen molar-refractivity contribution >= 4 is 21.5 Å². The molecule has 0 aliphatic carbocycles. The lowest BCUT2D eigenvalue weighted by molar-refractivity contribution is 0.410. The average molecular weight is 346 g/mol. The van der Waals surface area contributed by atoms with Crippen LogP contribution in [0.3, 0.4) is 0 Å². The maximum Gasteiger partial charge on any atom is 0.127 e. The van der Waals surface area contributed by atoms with Crippen LogP contribution in [0, 0.1) is 0 Å². The van der Waals surface area contributed by atoms with Gasteiger partial charge in [0.25, 0.3) is 0 Å². The first kappa shape index (κ1) is 16.1. The van der Waals surface area contributed by atoms with Crippen LogP contribution in [0.2, 0.25) is 0 Å². The molecule has 0 radical (unpaired) electrons. The van der Waals surface area contributed by atoms with Crippen molar-refractivity contribution in [1.82, 2.24) is 0 Å². The molecule has 0 saturated heterocycles. The van der Waals surface area contributed by atoms with E-state index in [0.717, 1.165) is 10.8 Å². The van der Waals surface area contributed by atoms with Crippen molar-refractivity contribution in [2.24, 2.45) is 0 Å². The second-order valence-corrected chi connectivity index (χ2v) is 6.04. The lowest BCUT2D eigenvalue weighted by atomic mass is 9.91. The number of rotatable bonds is 3. The van der Waals surface area contributed by atoms with Crippen molar-refractivity contribution in [1.29, 1.82) is 0 Å². The van der Waals surface area contributed by atoms with Crippen LogP contribution in [0.5, 0.6) is 23.0 Å². The predicted octanol–water partition coefficient (Wildman–Crippen LogP) is 5.09. The maximum atomic E-state index is 10.6. The van der Waals surface area contributed by atoms with Crippen molar-refractivity contribution in [3.05, 3.63) is 60.7 Å². The summed E-state index contributed by atoms with van der Waals surface area (Å²) in [5.74, 6) is 1.47. The third-order valence-electron chi connectivity index (χ3n) is 4.66. The Balaban J connectivity index is 2.28. The molecule has 4 rings (SSSR count). The van der Waals surface area contributed by atoms with Gasteiger partial charge in [0.1, 0.15) is 23.0 Å². The lowest BCUT2D eigenvalue weighted by Gasteiger charge is -2.18. The summed E-state index contributed by atoms with van der Waals surface area (Å²) < 4.78 is 11.2. The van der Waals surface area contributed by atoms with Gasteiger partial charge in [-0.3, -0.25) is 0 Å². The highest BCUT2D eigenvalue weighted by Crippen LogP contribution is 2.49. The molecule has 4 heteroatoms. The second kappa shape index (κ2) is 6.15. The SMILES string of the molecule is COc1ccc2cccc(O)c2c1-c1c(OC)ccc2cccc(O)c12. The third-order valence-corrected chi connectivity index (χ3v) is 4.66. The monoisotopic (exact) mass is 346 g/mol. The smallest absolute Gasteiger partial charge is 0.127 e. The Kier molecular flexibility index (Phi) is 3.81. The first-order valence-corrected chi connectivity index (χ1v) is 8.23. The van der Waals surface area contributed by atoms with Gasteiger partial charge in [-0.25, -0.2) is 0 Å². The Labute approximate surface area is 150 Å². The van der Waals surface area contributed by atoms with Crippen LogP contribution in [-0.4, -0.2) is 24.4 Å². The van der Waals surface area contributed by atoms with E-state index < -0.39 is 0 Å². The van der Waals surface area contributed by atoms with Gasteiger partial charge in [0.15, 0.2) is 0 Å². The van der Waals surface area contributed by atoms with Crippen LogP contribution in [-0.2, 0) is 0 Å². The number of methoxy groups -OCH3 is 2. The molecule has 4 aromatic carbocycles. The van der Waals surface area contributed by atoms with Gasteiger partial charge in [-0.2, -0.15) is 0 Å². The quantitative estimate of drug-likeness (QED) is 0.542. The molecule has 0 bridgehead atoms. The normalized spacial score (nSPS) is 11.0. The van der Waals surface area contributed by atoms with Gasteiger partial charge >= 0.3 is 0 Å². The number of hydrogen-bond acceptors (Lipinski definition) is 4. The summed E-state index contributed by atoms with van der Waals surface area (Å²) in [4.78, 5) is 0. The minimum atomic E-state index is 0.144. The zero-order valence-electron chi connectivity index (χ0n) is 14.5. The van der Waals surface area contributed by atoms with Gasteiger partial charge in [0, 0.05) is 21.9 Å². The van der Waals surface area contributed by atoms with E-state index in [1.165, 1.54) is 0 Å². The van der Waals surface area contributed by atoms with E-state index in [4.69, 9.17) is 9.47 Å². The van der Waals surface area contributed by atoms with E-state index in [-0.39, 0.29) is 11.5 Å². The third kappa shape index (κ3) is 2.30. The minimum absolute atomic E-state index is 0.144. The summed E-state index contributed by atoms with van der Waals surface area (Å²) in [6.07, 6.45) is 0. The largest absolute Gasteiger partial charge is 0.507 e. The highest BCUT2D eigenvalue weighted by Gasteiger charge is 2.21. The molecule has 0 amide bonds. The predicted molar refractivity (Wildman–Crippen MR) is 103 cm³/mol. The van der Waals surface area contributed by atoms with E-state index in [1.807, 2.05) is 36.4 Å². The van der Waals surface area contributed by atoms with E-state index >= 15 is 0 Å². The first-order chi connectivity index (χ1) is 12.7. The molecular weight excluding hydrogens is 328 g/mol. The molecule has 0 aliphatic heterocycles. The Morgan fingerprint density at radius 1 is 0.577 bits per heavy atom. The average Bonchev–Trinajstić information content (AvgIpc) is 2.67. The van der Waals surface area contributed by atoms with Crippen LogP contribution in [0.25, 0.3) is 32.7 Å². The Bertz CT molecular complexity index is 1040. The van der Waals surface area contributed by atoms with E-state index in [0.29, 0.717) is 33.4 Å². The number of aromatic hydroxyl groups is 2. The summed E-state index contributed by atoms with van der Waals surface area (Å²) in [6, 6.07) is 18.2. The summed E-state index contributed by atoms with van der Waals surface area (Å²) in [6.45, 7) is 0. The molecular formula is C22H18O4. The van der Waals surface area contributed by atoms with Crippen molar-refractivity contribution in [3.8, 4) is 34.1 Å². The van der Waals surface area contributed by atoms with Gasteiger partial charge in [-0.1, -0.05) is 36.4 Å². The topological polar surface area (TPSA) is 58.9 Å². The fourth-order valence-electron chi connectivity index (χ4n) is 3.52. The fraction of sp³-hybridized carbons (Fsp3) is 0.0909. The van der Waals surface area contributed by atoms with E-state index in [2.05, 4.69) is 0 Å². The Morgan fingerprint density at radius 3 is 1.38 bits per heavy atom. The second-order valence-electron chi connectivity index (χ2n) is 6.04. The van der Waals surface area contributed by atoms with Gasteiger partial charge in [-0.05, 0) is 35.0 Å². The molecule has 0 spiro atoms. The highest BCUT2D eigenvalue weighted by atomic mass is 16.5. The van der Waals surface area contributed by atoms with Crippen molar-refractivity contribution in [2.75, 3.05) is 14.2 Å². The van der Waals surface area contributed by atoms with Gasteiger partial charge in [-0.15, -0.1) is 0 Å². The molecule has 26 heavy (non-hydrogen) atoms. The molecule has 2 N–H and O–H groups in total. The number of phenols is 2. The molecule has 0 aliphatic rings. The van der Waals surface area contributed by atoms with Crippen LogP contribution in [0.1, 0.15) is 0 Å². The molecule has 0 aromatic heterocycles. The number of hydrogen-bond donors (Lipinski definition) is 2. The number of benzene rings is 4. The number of ether oxygens (including phenoxy) is 2. The minimum Gasteiger partial charge on any atom is -0.507 e. The van der Waals surface area contributed by atoms with Gasteiger partial charge in [0.05, 0.1) is 14.2 Å². The Morgan fingerprint density at radius 2 is 1.00 bits per heavy atom. The zero-order chi connectivity index (χ0) is 18.3. The van der Waals surface area contributed by atoms with Gasteiger partial charge in [0.2, 0.25) is 0 Å². The van der Waals surface area contributed by atoms with Crippen molar-refractivity contribution in [3.63, 3.8) is 0 Å². The molecule has 0 atom stereocenters. The zero-order valence-corrected chi connectivity index (χ0v) is 14.5. The summed E-state index contributed by atoms with van der Waals surface area (Å²) in [5.41, 5.74) is 1.37. The summed E-state index contributed by atoms with van der Waals surface area (Å²) in [7, 11) is 3.17. The van der Waals surface area contributed by atoms with Crippen LogP contribution in [0.15, 0.2) is 60.7 Å². The molecule has 4 nitrogen and oxygen atoms in total. The van der Waals surface area contributed by atoms with Crippen molar-refractivity contribution in [2.45, 2.75) is 0 Å². The van der Waals surface area contributed by atoms with Crippen LogP contribution >= 0.6 is 0 Å². The lowest BCUT2D eigenvalue weighted by Crippen LogP contribution is -1.95. The molecule has 130 valence electrons. The molecule has 0 saturated carbocycles. The number of phenolic OH excluding ortho intramolecular Hbond substituents is 2. The van der Waals surface area contributed by atoms with Crippen molar-refractivity contribution < 1.29 is 19.7 Å².